The summed E-state index contributed by atoms with van der Waals surface area (Å²) in [7, 11) is 0. The maximum Gasteiger partial charge on any atom is 0.0410 e. The molecular formula is C12H17BrN2S. The second-order valence-corrected chi connectivity index (χ2v) is 7.12. The van der Waals surface area contributed by atoms with E-state index >= 15 is 0 Å². The van der Waals surface area contributed by atoms with Gasteiger partial charge in [0.15, 0.2) is 0 Å². The van der Waals surface area contributed by atoms with Gasteiger partial charge in [-0.3, -0.25) is 4.98 Å². The minimum atomic E-state index is 0.444. The van der Waals surface area contributed by atoms with Crippen LogP contribution in [0.4, 0.5) is 0 Å². The van der Waals surface area contributed by atoms with Gasteiger partial charge in [-0.1, -0.05) is 0 Å². The van der Waals surface area contributed by atoms with Crippen molar-refractivity contribution in [2.75, 3.05) is 12.3 Å². The Morgan fingerprint density at radius 1 is 1.56 bits per heavy atom. The Labute approximate surface area is 110 Å². The van der Waals surface area contributed by atoms with Gasteiger partial charge in [-0.2, -0.15) is 11.8 Å². The van der Waals surface area contributed by atoms with Gasteiger partial charge >= 0.3 is 0 Å². The molecule has 4 heteroatoms. The fraction of sp³-hybridized carbons (Fsp3) is 0.583. The number of halogens is 1. The van der Waals surface area contributed by atoms with Crippen LogP contribution in [0.1, 0.15) is 25.3 Å². The minimum absolute atomic E-state index is 0.444. The Hall–Kier alpha value is -0.0600. The molecule has 0 radical (unpaired) electrons. The number of nitrogens with one attached hydrogen (secondary N) is 1. The molecule has 1 aromatic heterocycles. The molecule has 16 heavy (non-hydrogen) atoms. The van der Waals surface area contributed by atoms with Crippen molar-refractivity contribution in [2.24, 2.45) is 0 Å². The molecule has 0 saturated carbocycles. The van der Waals surface area contributed by atoms with E-state index in [1.807, 2.05) is 12.4 Å². The Balaban J connectivity index is 1.79. The molecule has 1 unspecified atom stereocenters. The molecule has 2 heterocycles. The molecule has 88 valence electrons. The van der Waals surface area contributed by atoms with Gasteiger partial charge in [0.05, 0.1) is 0 Å². The lowest BCUT2D eigenvalue weighted by molar-refractivity contribution is 0.536. The summed E-state index contributed by atoms with van der Waals surface area (Å²) in [4.78, 5) is 4.16. The summed E-state index contributed by atoms with van der Waals surface area (Å²) < 4.78 is 1.49. The number of thioether (sulfide) groups is 1. The number of rotatable bonds is 4. The van der Waals surface area contributed by atoms with E-state index in [1.165, 1.54) is 24.2 Å². The van der Waals surface area contributed by atoms with Gasteiger partial charge in [-0.25, -0.2) is 0 Å². The van der Waals surface area contributed by atoms with Crippen LogP contribution in [-0.4, -0.2) is 22.0 Å². The van der Waals surface area contributed by atoms with Crippen molar-refractivity contribution in [1.82, 2.24) is 10.3 Å². The predicted octanol–water partition coefficient (Wildman–Crippen LogP) is 3.22. The fourth-order valence-electron chi connectivity index (χ4n) is 2.00. The second-order valence-electron chi connectivity index (χ2n) is 4.52. The van der Waals surface area contributed by atoms with Crippen molar-refractivity contribution in [3.05, 3.63) is 28.5 Å². The van der Waals surface area contributed by atoms with E-state index < -0.39 is 0 Å². The topological polar surface area (TPSA) is 24.9 Å². The summed E-state index contributed by atoms with van der Waals surface area (Å²) in [6.45, 7) is 4.35. The quantitative estimate of drug-likeness (QED) is 0.924. The van der Waals surface area contributed by atoms with Crippen molar-refractivity contribution >= 4 is 27.7 Å². The van der Waals surface area contributed by atoms with Crippen LogP contribution in [0.5, 0.6) is 0 Å². The van der Waals surface area contributed by atoms with E-state index in [9.17, 15) is 0 Å². The van der Waals surface area contributed by atoms with E-state index in [0.717, 1.165) is 17.6 Å². The van der Waals surface area contributed by atoms with Crippen molar-refractivity contribution in [3.63, 3.8) is 0 Å². The average molecular weight is 301 g/mol. The summed E-state index contributed by atoms with van der Waals surface area (Å²) in [5.74, 6) is 1.32. The van der Waals surface area contributed by atoms with Gasteiger partial charge in [-0.15, -0.1) is 0 Å². The first-order chi connectivity index (χ1) is 7.68. The largest absolute Gasteiger partial charge is 0.311 e. The number of aromatic nitrogens is 1. The van der Waals surface area contributed by atoms with E-state index in [0.29, 0.717) is 4.75 Å². The Kier molecular flexibility index (Phi) is 4.27. The minimum Gasteiger partial charge on any atom is -0.311 e. The van der Waals surface area contributed by atoms with E-state index in [2.05, 4.69) is 51.0 Å². The third-order valence-corrected chi connectivity index (χ3v) is 4.86. The van der Waals surface area contributed by atoms with Crippen molar-refractivity contribution < 1.29 is 0 Å². The molecule has 1 aliphatic rings. The van der Waals surface area contributed by atoms with Gasteiger partial charge in [-0.05, 0) is 53.1 Å². The summed E-state index contributed by atoms with van der Waals surface area (Å²) >= 11 is 5.53. The van der Waals surface area contributed by atoms with E-state index in [1.54, 1.807) is 0 Å². The van der Waals surface area contributed by atoms with Crippen LogP contribution in [0.15, 0.2) is 22.9 Å². The molecule has 1 aliphatic heterocycles. The SMILES string of the molecule is CC1(CNCc2cncc(Br)c2)CCCS1. The highest BCUT2D eigenvalue weighted by Gasteiger charge is 2.28. The zero-order valence-electron chi connectivity index (χ0n) is 9.50. The fourth-order valence-corrected chi connectivity index (χ4v) is 3.69. The van der Waals surface area contributed by atoms with Crippen LogP contribution in [0.2, 0.25) is 0 Å². The number of hydrogen-bond donors (Lipinski definition) is 1. The molecule has 0 amide bonds. The molecule has 0 bridgehead atoms. The summed E-state index contributed by atoms with van der Waals surface area (Å²) in [6, 6.07) is 2.12. The first-order valence-corrected chi connectivity index (χ1v) is 7.40. The molecule has 1 N–H and O–H groups in total. The molecule has 2 rings (SSSR count). The highest BCUT2D eigenvalue weighted by Crippen LogP contribution is 2.36. The summed E-state index contributed by atoms with van der Waals surface area (Å²) in [5, 5.41) is 3.53. The third kappa shape index (κ3) is 3.47. The molecule has 1 atom stereocenters. The number of hydrogen-bond acceptors (Lipinski definition) is 3. The molecule has 0 aliphatic carbocycles. The van der Waals surface area contributed by atoms with Crippen molar-refractivity contribution in [1.29, 1.82) is 0 Å². The van der Waals surface area contributed by atoms with Crippen LogP contribution in [0.25, 0.3) is 0 Å². The Morgan fingerprint density at radius 2 is 2.44 bits per heavy atom. The van der Waals surface area contributed by atoms with Crippen LogP contribution in [0.3, 0.4) is 0 Å². The predicted molar refractivity (Wildman–Crippen MR) is 73.7 cm³/mol. The first kappa shape index (κ1) is 12.4. The zero-order chi connectivity index (χ0) is 11.4. The van der Waals surface area contributed by atoms with Gasteiger partial charge in [0.2, 0.25) is 0 Å². The summed E-state index contributed by atoms with van der Waals surface area (Å²) in [5.41, 5.74) is 1.24. The average Bonchev–Trinajstić information content (AvgIpc) is 2.65. The van der Waals surface area contributed by atoms with Crippen LogP contribution < -0.4 is 5.32 Å². The van der Waals surface area contributed by atoms with Gasteiger partial charge in [0, 0.05) is 34.7 Å². The Morgan fingerprint density at radius 3 is 3.12 bits per heavy atom. The lowest BCUT2D eigenvalue weighted by Gasteiger charge is -2.22. The van der Waals surface area contributed by atoms with Crippen LogP contribution in [0, 0.1) is 0 Å². The monoisotopic (exact) mass is 300 g/mol. The van der Waals surface area contributed by atoms with Gasteiger partial charge < -0.3 is 5.32 Å². The van der Waals surface area contributed by atoms with E-state index in [4.69, 9.17) is 0 Å². The molecule has 1 aromatic rings. The smallest absolute Gasteiger partial charge is 0.0410 e. The molecule has 2 nitrogen and oxygen atoms in total. The van der Waals surface area contributed by atoms with Gasteiger partial charge in [0.25, 0.3) is 0 Å². The third-order valence-electron chi connectivity index (χ3n) is 2.89. The zero-order valence-corrected chi connectivity index (χ0v) is 11.9. The lowest BCUT2D eigenvalue weighted by atomic mass is 10.1. The normalized spacial score (nSPS) is 24.9. The van der Waals surface area contributed by atoms with Crippen LogP contribution >= 0.6 is 27.7 Å². The molecule has 0 aromatic carbocycles. The van der Waals surface area contributed by atoms with Crippen molar-refractivity contribution in [3.8, 4) is 0 Å². The standard InChI is InChI=1S/C12H17BrN2S/c1-12(3-2-4-16-12)9-15-7-10-5-11(13)8-14-6-10/h5-6,8,15H,2-4,7,9H2,1H3. The number of nitrogens with zero attached hydrogens (tertiary/aromatic N) is 1. The highest BCUT2D eigenvalue weighted by atomic mass is 79.9. The second kappa shape index (κ2) is 5.52. The first-order valence-electron chi connectivity index (χ1n) is 5.62. The summed E-state index contributed by atoms with van der Waals surface area (Å²) in [6.07, 6.45) is 6.43. The maximum atomic E-state index is 4.16. The van der Waals surface area contributed by atoms with Gasteiger partial charge in [0.1, 0.15) is 0 Å². The highest BCUT2D eigenvalue weighted by molar-refractivity contribution is 9.10. The number of pyridine rings is 1. The van der Waals surface area contributed by atoms with Crippen LogP contribution in [-0.2, 0) is 6.54 Å². The molecule has 1 fully saturated rings. The van der Waals surface area contributed by atoms with E-state index in [-0.39, 0.29) is 0 Å². The molecule has 1 saturated heterocycles. The lowest BCUT2D eigenvalue weighted by Crippen LogP contribution is -2.32. The van der Waals surface area contributed by atoms with Crippen molar-refractivity contribution in [2.45, 2.75) is 31.1 Å². The molecule has 0 spiro atoms. The molecular weight excluding hydrogens is 284 g/mol. The Bertz CT molecular complexity index is 351. The maximum absolute atomic E-state index is 4.16.